The fraction of sp³-hybridized carbons (Fsp3) is 0.714. The van der Waals surface area contributed by atoms with Gasteiger partial charge in [0.05, 0.1) is 6.20 Å². The molecule has 3 rings (SSSR count). The molecular formula is C14H22N4O2S. The Hall–Kier alpha value is -1.50. The van der Waals surface area contributed by atoms with Gasteiger partial charge in [-0.15, -0.1) is 0 Å². The van der Waals surface area contributed by atoms with E-state index in [0.29, 0.717) is 17.0 Å². The molecule has 116 valence electrons. The van der Waals surface area contributed by atoms with Gasteiger partial charge in [0.1, 0.15) is 10.6 Å². The number of amides is 1. The lowest BCUT2D eigenvalue weighted by Crippen LogP contribution is -2.37. The second-order valence-corrected chi connectivity index (χ2v) is 7.89. The zero-order valence-corrected chi connectivity index (χ0v) is 13.5. The third-order valence-electron chi connectivity index (χ3n) is 3.96. The van der Waals surface area contributed by atoms with Crippen molar-refractivity contribution < 1.29 is 9.53 Å². The first kappa shape index (κ1) is 14.4. The van der Waals surface area contributed by atoms with E-state index in [2.05, 4.69) is 9.88 Å². The van der Waals surface area contributed by atoms with Crippen LogP contribution in [0.5, 0.6) is 0 Å². The van der Waals surface area contributed by atoms with Gasteiger partial charge >= 0.3 is 6.09 Å². The number of likely N-dealkylation sites (tertiary alicyclic amines) is 1. The molecule has 0 spiro atoms. The summed E-state index contributed by atoms with van der Waals surface area (Å²) in [4.78, 5) is 20.4. The molecule has 21 heavy (non-hydrogen) atoms. The monoisotopic (exact) mass is 310 g/mol. The molecule has 1 aromatic heterocycles. The number of thiazole rings is 1. The first-order valence-corrected chi connectivity index (χ1v) is 8.07. The van der Waals surface area contributed by atoms with Gasteiger partial charge in [-0.25, -0.2) is 9.78 Å². The Morgan fingerprint density at radius 1 is 1.33 bits per heavy atom. The van der Waals surface area contributed by atoms with Crippen molar-refractivity contribution in [1.82, 2.24) is 9.88 Å². The predicted octanol–water partition coefficient (Wildman–Crippen LogP) is 2.03. The van der Waals surface area contributed by atoms with Crippen molar-refractivity contribution in [3.05, 3.63) is 6.20 Å². The van der Waals surface area contributed by atoms with Gasteiger partial charge in [-0.2, -0.15) is 0 Å². The van der Waals surface area contributed by atoms with E-state index in [1.54, 1.807) is 0 Å². The number of nitrogens with two attached hydrogens (primary N) is 1. The van der Waals surface area contributed by atoms with Gasteiger partial charge < -0.3 is 20.3 Å². The molecule has 2 aliphatic heterocycles. The van der Waals surface area contributed by atoms with Crippen molar-refractivity contribution in [1.29, 1.82) is 0 Å². The van der Waals surface area contributed by atoms with E-state index in [0.717, 1.165) is 31.2 Å². The highest BCUT2D eigenvalue weighted by Gasteiger charge is 2.43. The van der Waals surface area contributed by atoms with Crippen molar-refractivity contribution in [3.8, 4) is 0 Å². The van der Waals surface area contributed by atoms with E-state index in [1.165, 1.54) is 11.3 Å². The van der Waals surface area contributed by atoms with E-state index in [4.69, 9.17) is 10.5 Å². The molecule has 1 amide bonds. The minimum absolute atomic E-state index is 0.189. The Labute approximate surface area is 128 Å². The van der Waals surface area contributed by atoms with E-state index in [1.807, 2.05) is 31.9 Å². The average Bonchev–Trinajstić information content (AvgIpc) is 2.98. The predicted molar refractivity (Wildman–Crippen MR) is 83.5 cm³/mol. The molecule has 0 aliphatic carbocycles. The van der Waals surface area contributed by atoms with Crippen molar-refractivity contribution in [3.63, 3.8) is 0 Å². The fourth-order valence-corrected chi connectivity index (χ4v) is 3.78. The second kappa shape index (κ2) is 5.05. The maximum Gasteiger partial charge on any atom is 0.410 e. The van der Waals surface area contributed by atoms with Crippen LogP contribution in [0.15, 0.2) is 6.20 Å². The van der Waals surface area contributed by atoms with Gasteiger partial charge in [0, 0.05) is 38.0 Å². The normalized spacial score (nSPS) is 25.3. The largest absolute Gasteiger partial charge is 0.444 e. The molecule has 0 bridgehead atoms. The van der Waals surface area contributed by atoms with Crippen molar-refractivity contribution in [2.75, 3.05) is 36.8 Å². The minimum Gasteiger partial charge on any atom is -0.444 e. The maximum atomic E-state index is 12.1. The summed E-state index contributed by atoms with van der Waals surface area (Å²) in [6, 6.07) is 0. The summed E-state index contributed by atoms with van der Waals surface area (Å²) in [5, 5.41) is 1.74. The highest BCUT2D eigenvalue weighted by Crippen LogP contribution is 2.36. The van der Waals surface area contributed by atoms with Crippen LogP contribution < -0.4 is 10.6 Å². The zero-order valence-electron chi connectivity index (χ0n) is 12.7. The van der Waals surface area contributed by atoms with Crippen molar-refractivity contribution in [2.45, 2.75) is 26.4 Å². The van der Waals surface area contributed by atoms with Crippen LogP contribution in [0.2, 0.25) is 0 Å². The second-order valence-electron chi connectivity index (χ2n) is 6.85. The Kier molecular flexibility index (Phi) is 3.47. The van der Waals surface area contributed by atoms with Crippen LogP contribution in [-0.4, -0.2) is 47.8 Å². The average molecular weight is 310 g/mol. The topological polar surface area (TPSA) is 71.7 Å². The molecule has 0 saturated carbocycles. The van der Waals surface area contributed by atoms with Crippen LogP contribution >= 0.6 is 11.3 Å². The highest BCUT2D eigenvalue weighted by molar-refractivity contribution is 7.19. The quantitative estimate of drug-likeness (QED) is 0.859. The molecule has 2 aliphatic rings. The Bertz CT molecular complexity index is 525. The van der Waals surface area contributed by atoms with Crippen LogP contribution in [0, 0.1) is 11.8 Å². The maximum absolute atomic E-state index is 12.1. The minimum atomic E-state index is -0.430. The van der Waals surface area contributed by atoms with Crippen LogP contribution in [0.1, 0.15) is 20.8 Å². The third kappa shape index (κ3) is 3.07. The summed E-state index contributed by atoms with van der Waals surface area (Å²) in [6.07, 6.45) is 1.65. The number of nitrogens with zero attached hydrogens (tertiary/aromatic N) is 3. The standard InChI is InChI=1S/C14H22N4O2S/c1-14(2,3)20-13(19)18-7-9-5-17(6-10(9)8-18)11-4-16-12(15)21-11/h4,9-10H,5-8H2,1-3H3,(H2,15,16). The molecule has 2 N–H and O–H groups in total. The lowest BCUT2D eigenvalue weighted by atomic mass is 10.0. The number of rotatable bonds is 1. The SMILES string of the molecule is CC(C)(C)OC(=O)N1CC2CN(c3cnc(N)s3)CC2C1. The molecule has 2 saturated heterocycles. The van der Waals surface area contributed by atoms with Gasteiger partial charge in [0.2, 0.25) is 0 Å². The molecular weight excluding hydrogens is 288 g/mol. The van der Waals surface area contributed by atoms with E-state index in [9.17, 15) is 4.79 Å². The molecule has 0 aromatic carbocycles. The summed E-state index contributed by atoms with van der Waals surface area (Å²) in [6.45, 7) is 9.19. The molecule has 7 heteroatoms. The first-order chi connectivity index (χ1) is 9.82. The molecule has 3 heterocycles. The van der Waals surface area contributed by atoms with Crippen LogP contribution in [0.25, 0.3) is 0 Å². The van der Waals surface area contributed by atoms with Crippen molar-refractivity contribution >= 4 is 27.6 Å². The number of fused-ring (bicyclic) bond motifs is 1. The van der Waals surface area contributed by atoms with E-state index >= 15 is 0 Å². The summed E-state index contributed by atoms with van der Waals surface area (Å²) in [7, 11) is 0. The summed E-state index contributed by atoms with van der Waals surface area (Å²) < 4.78 is 5.45. The molecule has 6 nitrogen and oxygen atoms in total. The van der Waals surface area contributed by atoms with Crippen LogP contribution in [0.3, 0.4) is 0 Å². The van der Waals surface area contributed by atoms with Gasteiger partial charge in [-0.3, -0.25) is 0 Å². The van der Waals surface area contributed by atoms with Gasteiger partial charge in [0.15, 0.2) is 5.13 Å². The lowest BCUT2D eigenvalue weighted by molar-refractivity contribution is 0.0282. The highest BCUT2D eigenvalue weighted by atomic mass is 32.1. The number of ether oxygens (including phenoxy) is 1. The Morgan fingerprint density at radius 3 is 2.43 bits per heavy atom. The first-order valence-electron chi connectivity index (χ1n) is 7.26. The molecule has 0 radical (unpaired) electrons. The summed E-state index contributed by atoms with van der Waals surface area (Å²) in [5.41, 5.74) is 5.26. The molecule has 2 fully saturated rings. The molecule has 2 atom stereocenters. The number of nitrogen functional groups attached to an aromatic ring is 1. The number of anilines is 2. The Balaban J connectivity index is 1.58. The lowest BCUT2D eigenvalue weighted by Gasteiger charge is -2.26. The van der Waals surface area contributed by atoms with E-state index < -0.39 is 5.60 Å². The fourth-order valence-electron chi connectivity index (χ4n) is 3.07. The number of carbonyl (C=O) groups is 1. The molecule has 2 unspecified atom stereocenters. The van der Waals surface area contributed by atoms with Crippen LogP contribution in [-0.2, 0) is 4.74 Å². The number of hydrogen-bond acceptors (Lipinski definition) is 6. The number of carbonyl (C=O) groups excluding carboxylic acids is 1. The molecule has 1 aromatic rings. The van der Waals surface area contributed by atoms with Crippen LogP contribution in [0.4, 0.5) is 14.9 Å². The third-order valence-corrected chi connectivity index (χ3v) is 4.85. The summed E-state index contributed by atoms with van der Waals surface area (Å²) >= 11 is 1.53. The number of aromatic nitrogens is 1. The zero-order chi connectivity index (χ0) is 15.2. The Morgan fingerprint density at radius 2 is 1.95 bits per heavy atom. The van der Waals surface area contributed by atoms with Gasteiger partial charge in [-0.1, -0.05) is 11.3 Å². The summed E-state index contributed by atoms with van der Waals surface area (Å²) in [5.74, 6) is 1.03. The number of hydrogen-bond donors (Lipinski definition) is 1. The smallest absolute Gasteiger partial charge is 0.410 e. The van der Waals surface area contributed by atoms with Crippen molar-refractivity contribution in [2.24, 2.45) is 11.8 Å². The van der Waals surface area contributed by atoms with Gasteiger partial charge in [-0.05, 0) is 20.8 Å². The van der Waals surface area contributed by atoms with E-state index in [-0.39, 0.29) is 6.09 Å². The van der Waals surface area contributed by atoms with Gasteiger partial charge in [0.25, 0.3) is 0 Å².